The lowest BCUT2D eigenvalue weighted by atomic mass is 10.0. The van der Waals surface area contributed by atoms with Crippen LogP contribution in [0, 0.1) is 13.8 Å². The van der Waals surface area contributed by atoms with E-state index in [0.717, 1.165) is 4.90 Å². The molecule has 2 atom stereocenters. The molecule has 10 nitrogen and oxygen atoms in total. The van der Waals surface area contributed by atoms with Crippen LogP contribution in [0.15, 0.2) is 11.3 Å². The summed E-state index contributed by atoms with van der Waals surface area (Å²) in [4.78, 5) is 63.9. The van der Waals surface area contributed by atoms with Gasteiger partial charge in [-0.05, 0) is 19.4 Å². The Kier molecular flexibility index (Phi) is 5.75. The van der Waals surface area contributed by atoms with Gasteiger partial charge in [0.05, 0.1) is 11.3 Å². The molecule has 0 radical (unpaired) electrons. The third kappa shape index (κ3) is 3.60. The number of fused-ring (bicyclic) bond motifs is 1. The number of ether oxygens (including phenoxy) is 1. The molecule has 0 bridgehead atoms. The van der Waals surface area contributed by atoms with Crippen molar-refractivity contribution in [2.75, 3.05) is 12.4 Å². The molecule has 3 rings (SSSR count). The molecular formula is C19H21N3O7S. The Morgan fingerprint density at radius 1 is 1.27 bits per heavy atom. The lowest BCUT2D eigenvalue weighted by molar-refractivity contribution is -0.149. The van der Waals surface area contributed by atoms with Crippen molar-refractivity contribution in [1.29, 1.82) is 0 Å². The number of H-pyrrole nitrogens is 1. The van der Waals surface area contributed by atoms with Crippen LogP contribution in [0.25, 0.3) is 0 Å². The predicted octanol–water partition coefficient (Wildman–Crippen LogP) is 0.749. The fourth-order valence-electron chi connectivity index (χ4n) is 3.64. The molecule has 1 aromatic heterocycles. The number of β-lactam (4-membered cyclic amide) rings is 1. The van der Waals surface area contributed by atoms with Gasteiger partial charge in [0.2, 0.25) is 0 Å². The van der Waals surface area contributed by atoms with Crippen molar-refractivity contribution in [3.8, 4) is 0 Å². The Morgan fingerprint density at radius 3 is 2.47 bits per heavy atom. The third-order valence-electron chi connectivity index (χ3n) is 5.00. The first-order valence-corrected chi connectivity index (χ1v) is 10.1. The summed E-state index contributed by atoms with van der Waals surface area (Å²) >= 11 is 1.28. The number of hydrogen-bond acceptors (Lipinski definition) is 7. The second-order valence-corrected chi connectivity index (χ2v) is 8.18. The monoisotopic (exact) mass is 435 g/mol. The molecule has 3 N–H and O–H groups in total. The van der Waals surface area contributed by atoms with Crippen molar-refractivity contribution < 1.29 is 33.8 Å². The molecular weight excluding hydrogens is 414 g/mol. The van der Waals surface area contributed by atoms with E-state index in [1.54, 1.807) is 13.8 Å². The Balaban J connectivity index is 1.80. The lowest BCUT2D eigenvalue weighted by Gasteiger charge is -2.49. The Morgan fingerprint density at radius 2 is 1.93 bits per heavy atom. The van der Waals surface area contributed by atoms with E-state index in [4.69, 9.17) is 4.74 Å². The fraction of sp³-hybridized carbons (Fsp3) is 0.421. The first-order valence-electron chi connectivity index (χ1n) is 9.08. The molecule has 0 aliphatic carbocycles. The van der Waals surface area contributed by atoms with E-state index < -0.39 is 35.2 Å². The van der Waals surface area contributed by atoms with Gasteiger partial charge in [0.15, 0.2) is 5.78 Å². The van der Waals surface area contributed by atoms with E-state index in [0.29, 0.717) is 22.5 Å². The smallest absolute Gasteiger partial charge is 0.352 e. The molecule has 2 amide bonds. The van der Waals surface area contributed by atoms with Gasteiger partial charge in [-0.25, -0.2) is 4.79 Å². The van der Waals surface area contributed by atoms with Crippen molar-refractivity contribution in [2.45, 2.75) is 39.1 Å². The summed E-state index contributed by atoms with van der Waals surface area (Å²) in [7, 11) is 0. The number of hydrogen-bond donors (Lipinski definition) is 3. The highest BCUT2D eigenvalue weighted by Crippen LogP contribution is 2.40. The number of amides is 2. The van der Waals surface area contributed by atoms with Crippen LogP contribution in [0.3, 0.4) is 0 Å². The number of ketones is 1. The number of carbonyl (C=O) groups is 5. The van der Waals surface area contributed by atoms with E-state index in [9.17, 15) is 29.1 Å². The van der Waals surface area contributed by atoms with Crippen LogP contribution < -0.4 is 5.32 Å². The summed E-state index contributed by atoms with van der Waals surface area (Å²) in [6.07, 6.45) is 0. The topological polar surface area (TPSA) is 146 Å². The molecule has 0 unspecified atom stereocenters. The first-order chi connectivity index (χ1) is 14.0. The Hall–Kier alpha value is -3.08. The molecule has 1 aromatic rings. The molecule has 11 heteroatoms. The maximum absolute atomic E-state index is 12.8. The number of nitrogens with zero attached hydrogens (tertiary/aromatic N) is 1. The van der Waals surface area contributed by atoms with Crippen molar-refractivity contribution >= 4 is 41.3 Å². The number of rotatable bonds is 6. The number of carboxylic acids is 1. The number of aromatic nitrogens is 1. The molecule has 160 valence electrons. The van der Waals surface area contributed by atoms with Crippen LogP contribution in [0.1, 0.15) is 46.0 Å². The molecule has 0 aromatic carbocycles. The van der Waals surface area contributed by atoms with Crippen LogP contribution in [0.2, 0.25) is 0 Å². The summed E-state index contributed by atoms with van der Waals surface area (Å²) in [5.74, 6) is -2.90. The number of carboxylic acid groups (broad SMARTS) is 1. The molecule has 1 saturated heterocycles. The maximum Gasteiger partial charge on any atom is 0.352 e. The zero-order valence-electron chi connectivity index (χ0n) is 16.8. The second kappa shape index (κ2) is 7.98. The second-order valence-electron chi connectivity index (χ2n) is 7.08. The van der Waals surface area contributed by atoms with Gasteiger partial charge in [-0.1, -0.05) is 0 Å². The van der Waals surface area contributed by atoms with Gasteiger partial charge < -0.3 is 20.1 Å². The van der Waals surface area contributed by atoms with Crippen molar-refractivity contribution in [2.24, 2.45) is 0 Å². The number of aliphatic carboxylic acids is 1. The maximum atomic E-state index is 12.8. The highest BCUT2D eigenvalue weighted by Gasteiger charge is 2.54. The minimum Gasteiger partial charge on any atom is -0.477 e. The van der Waals surface area contributed by atoms with Crippen molar-refractivity contribution in [3.05, 3.63) is 33.8 Å². The highest BCUT2D eigenvalue weighted by atomic mass is 32.2. The van der Waals surface area contributed by atoms with Gasteiger partial charge in [0.25, 0.3) is 11.8 Å². The summed E-state index contributed by atoms with van der Waals surface area (Å²) < 4.78 is 4.89. The van der Waals surface area contributed by atoms with Crippen LogP contribution in [0.5, 0.6) is 0 Å². The number of Topliss-reactive ketones (excluding diaryl/α,β-unsaturated/α-hetero) is 1. The lowest BCUT2D eigenvalue weighted by Crippen LogP contribution is -2.70. The van der Waals surface area contributed by atoms with Crippen molar-refractivity contribution in [3.63, 3.8) is 0 Å². The van der Waals surface area contributed by atoms with Crippen LogP contribution in [-0.4, -0.2) is 68.3 Å². The van der Waals surface area contributed by atoms with Crippen LogP contribution in [-0.2, 0) is 19.1 Å². The van der Waals surface area contributed by atoms with E-state index >= 15 is 0 Å². The molecule has 1 fully saturated rings. The van der Waals surface area contributed by atoms with Gasteiger partial charge in [-0.15, -0.1) is 11.8 Å². The first kappa shape index (κ1) is 21.6. The minimum absolute atomic E-state index is 0.208. The molecule has 2 aliphatic heterocycles. The number of aryl methyl sites for hydroxylation is 1. The predicted molar refractivity (Wildman–Crippen MR) is 106 cm³/mol. The zero-order chi connectivity index (χ0) is 22.3. The molecule has 3 heterocycles. The number of esters is 1. The van der Waals surface area contributed by atoms with Crippen LogP contribution in [0.4, 0.5) is 0 Å². The van der Waals surface area contributed by atoms with E-state index in [1.807, 2.05) is 0 Å². The summed E-state index contributed by atoms with van der Waals surface area (Å²) in [5.41, 5.74) is 1.72. The van der Waals surface area contributed by atoms with E-state index in [-0.39, 0.29) is 29.4 Å². The van der Waals surface area contributed by atoms with Gasteiger partial charge in [-0.2, -0.15) is 0 Å². The van der Waals surface area contributed by atoms with Crippen molar-refractivity contribution in [1.82, 2.24) is 15.2 Å². The molecule has 0 spiro atoms. The Bertz CT molecular complexity index is 1010. The fourth-order valence-corrected chi connectivity index (χ4v) is 4.97. The molecule has 2 aliphatic rings. The minimum atomic E-state index is -1.30. The Labute approximate surface area is 176 Å². The number of carbonyl (C=O) groups excluding carboxylic acids is 4. The molecule has 0 saturated carbocycles. The third-order valence-corrected chi connectivity index (χ3v) is 6.34. The largest absolute Gasteiger partial charge is 0.477 e. The zero-order valence-corrected chi connectivity index (χ0v) is 17.6. The SMILES string of the molecule is CC(=O)OCC1=C(C(=O)O)N2C(=O)[C@@H](NC(=O)c3c(C)[nH]c(C(C)=O)c3C)[C@H]2SC1. The van der Waals surface area contributed by atoms with Crippen LogP contribution >= 0.6 is 11.8 Å². The summed E-state index contributed by atoms with van der Waals surface area (Å²) in [6, 6.07) is -0.901. The standard InChI is InChI=1S/C19H21N3O7S/c1-7-12(8(2)20-13(7)9(3)23)16(25)21-14-17(26)22-15(19(27)28)11(5-29-10(4)24)6-30-18(14)22/h14,18,20H,5-6H2,1-4H3,(H,21,25)(H,27,28)/t14-,18-/m1/s1. The normalized spacial score (nSPS) is 20.4. The van der Waals surface area contributed by atoms with Gasteiger partial charge in [0, 0.05) is 30.9 Å². The average Bonchev–Trinajstić information content (AvgIpc) is 2.97. The quantitative estimate of drug-likeness (QED) is 0.337. The summed E-state index contributed by atoms with van der Waals surface area (Å²) in [5, 5.41) is 11.6. The van der Waals surface area contributed by atoms with Gasteiger partial charge in [0.1, 0.15) is 23.7 Å². The van der Waals surface area contributed by atoms with Gasteiger partial charge >= 0.3 is 11.9 Å². The van der Waals surface area contributed by atoms with E-state index in [2.05, 4.69) is 10.3 Å². The number of nitrogens with one attached hydrogen (secondary N) is 2. The molecule has 30 heavy (non-hydrogen) atoms. The van der Waals surface area contributed by atoms with E-state index in [1.165, 1.54) is 25.6 Å². The number of thioether (sulfide) groups is 1. The van der Waals surface area contributed by atoms with Gasteiger partial charge in [-0.3, -0.25) is 24.1 Å². The summed E-state index contributed by atoms with van der Waals surface area (Å²) in [6.45, 7) is 5.69. The number of aromatic amines is 1. The average molecular weight is 435 g/mol. The highest BCUT2D eigenvalue weighted by molar-refractivity contribution is 8.00.